The Kier molecular flexibility index (Phi) is 6.70. The first-order valence-electron chi connectivity index (χ1n) is 9.81. The van der Waals surface area contributed by atoms with Crippen LogP contribution in [0.5, 0.6) is 5.75 Å². The molecule has 8 nitrogen and oxygen atoms in total. The SMILES string of the molecule is Cc1cc(OC(=O)CCCCCN2C(=O)c3cccc([N+](=O)[O-])c3C2=O)cc(C)c1Cl. The van der Waals surface area contributed by atoms with Crippen molar-refractivity contribution in [1.82, 2.24) is 4.90 Å². The summed E-state index contributed by atoms with van der Waals surface area (Å²) in [6.45, 7) is 3.80. The molecule has 2 aromatic carbocycles. The number of nitrogens with zero attached hydrogens (tertiary/aromatic N) is 2. The van der Waals surface area contributed by atoms with Gasteiger partial charge in [-0.1, -0.05) is 24.1 Å². The highest BCUT2D eigenvalue weighted by atomic mass is 35.5. The van der Waals surface area contributed by atoms with Crippen molar-refractivity contribution < 1.29 is 24.0 Å². The maximum absolute atomic E-state index is 12.5. The monoisotopic (exact) mass is 444 g/mol. The number of hydrogen-bond acceptors (Lipinski definition) is 6. The van der Waals surface area contributed by atoms with Crippen LogP contribution in [-0.2, 0) is 4.79 Å². The molecule has 0 spiro atoms. The second-order valence-corrected chi connectivity index (χ2v) is 7.75. The minimum absolute atomic E-state index is 0.0522. The summed E-state index contributed by atoms with van der Waals surface area (Å²) in [6, 6.07) is 7.42. The first kappa shape index (κ1) is 22.4. The molecule has 0 N–H and O–H groups in total. The molecule has 162 valence electrons. The highest BCUT2D eigenvalue weighted by Gasteiger charge is 2.40. The minimum Gasteiger partial charge on any atom is -0.427 e. The quantitative estimate of drug-likeness (QED) is 0.147. The predicted molar refractivity (Wildman–Crippen MR) is 113 cm³/mol. The largest absolute Gasteiger partial charge is 0.427 e. The van der Waals surface area contributed by atoms with E-state index >= 15 is 0 Å². The van der Waals surface area contributed by atoms with Crippen molar-refractivity contribution in [1.29, 1.82) is 0 Å². The number of unbranched alkanes of at least 4 members (excludes halogenated alkanes) is 2. The summed E-state index contributed by atoms with van der Waals surface area (Å²) in [5, 5.41) is 11.8. The molecule has 0 unspecified atom stereocenters. The number of halogens is 1. The number of aryl methyl sites for hydroxylation is 2. The lowest BCUT2D eigenvalue weighted by Crippen LogP contribution is -2.30. The van der Waals surface area contributed by atoms with Gasteiger partial charge in [-0.15, -0.1) is 0 Å². The van der Waals surface area contributed by atoms with Gasteiger partial charge in [0, 0.05) is 24.1 Å². The van der Waals surface area contributed by atoms with Crippen molar-refractivity contribution in [3.8, 4) is 5.75 Å². The van der Waals surface area contributed by atoms with Crippen LogP contribution in [0.25, 0.3) is 0 Å². The Labute approximate surface area is 183 Å². The Morgan fingerprint density at radius 3 is 2.42 bits per heavy atom. The molecule has 1 aliphatic rings. The van der Waals surface area contributed by atoms with E-state index in [4.69, 9.17) is 16.3 Å². The number of esters is 1. The molecular formula is C22H21ClN2O6. The second kappa shape index (κ2) is 9.26. The van der Waals surface area contributed by atoms with Crippen LogP contribution in [0.4, 0.5) is 5.69 Å². The van der Waals surface area contributed by atoms with E-state index in [0.717, 1.165) is 16.0 Å². The van der Waals surface area contributed by atoms with Crippen LogP contribution < -0.4 is 4.74 Å². The lowest BCUT2D eigenvalue weighted by Gasteiger charge is -2.13. The highest BCUT2D eigenvalue weighted by Crippen LogP contribution is 2.31. The standard InChI is InChI=1S/C22H21ClN2O6/c1-13-11-15(12-14(2)20(13)23)31-18(26)9-4-3-5-10-24-21(27)16-7-6-8-17(25(29)30)19(16)22(24)28/h6-8,11-12H,3-5,9-10H2,1-2H3. The van der Waals surface area contributed by atoms with Gasteiger partial charge in [0.25, 0.3) is 17.5 Å². The molecule has 1 aliphatic heterocycles. The lowest BCUT2D eigenvalue weighted by atomic mass is 10.1. The Balaban J connectivity index is 1.48. The summed E-state index contributed by atoms with van der Waals surface area (Å²) < 4.78 is 5.34. The van der Waals surface area contributed by atoms with E-state index in [0.29, 0.717) is 30.0 Å². The van der Waals surface area contributed by atoms with Crippen molar-refractivity contribution in [2.45, 2.75) is 39.5 Å². The van der Waals surface area contributed by atoms with Gasteiger partial charge in [-0.2, -0.15) is 0 Å². The summed E-state index contributed by atoms with van der Waals surface area (Å²) in [6.07, 6.45) is 1.77. The maximum atomic E-state index is 12.5. The smallest absolute Gasteiger partial charge is 0.311 e. The summed E-state index contributed by atoms with van der Waals surface area (Å²) in [5.74, 6) is -1.12. The van der Waals surface area contributed by atoms with E-state index < -0.39 is 16.7 Å². The molecule has 3 rings (SSSR count). The number of nitro groups is 1. The molecule has 0 aliphatic carbocycles. The van der Waals surface area contributed by atoms with Crippen LogP contribution in [-0.4, -0.2) is 34.2 Å². The normalized spacial score (nSPS) is 12.8. The molecule has 0 aromatic heterocycles. The molecule has 0 saturated carbocycles. The number of benzene rings is 2. The molecule has 0 radical (unpaired) electrons. The van der Waals surface area contributed by atoms with Crippen LogP contribution in [0.3, 0.4) is 0 Å². The van der Waals surface area contributed by atoms with Gasteiger partial charge in [0.1, 0.15) is 11.3 Å². The average molecular weight is 445 g/mol. The predicted octanol–water partition coefficient (Wildman–Crippen LogP) is 4.63. The van der Waals surface area contributed by atoms with Gasteiger partial charge in [0.05, 0.1) is 10.5 Å². The number of amides is 2. The average Bonchev–Trinajstić information content (AvgIpc) is 2.96. The number of carbonyl (C=O) groups excluding carboxylic acids is 3. The number of nitro benzene ring substituents is 1. The molecule has 0 saturated heterocycles. The fourth-order valence-electron chi connectivity index (χ4n) is 3.53. The first-order valence-corrected chi connectivity index (χ1v) is 10.2. The number of ether oxygens (including phenoxy) is 1. The minimum atomic E-state index is -0.664. The van der Waals surface area contributed by atoms with Crippen molar-refractivity contribution in [3.63, 3.8) is 0 Å². The zero-order chi connectivity index (χ0) is 22.7. The molecular weight excluding hydrogens is 424 g/mol. The number of rotatable bonds is 8. The second-order valence-electron chi connectivity index (χ2n) is 7.37. The molecule has 1 heterocycles. The third-order valence-electron chi connectivity index (χ3n) is 5.08. The van der Waals surface area contributed by atoms with E-state index in [-0.39, 0.29) is 35.7 Å². The molecule has 2 amide bonds. The van der Waals surface area contributed by atoms with E-state index in [9.17, 15) is 24.5 Å². The Bertz CT molecular complexity index is 1060. The van der Waals surface area contributed by atoms with Crippen LogP contribution >= 0.6 is 11.6 Å². The molecule has 2 aromatic rings. The Morgan fingerprint density at radius 1 is 1.10 bits per heavy atom. The Hall–Kier alpha value is -3.26. The Morgan fingerprint density at radius 2 is 1.77 bits per heavy atom. The van der Waals surface area contributed by atoms with Gasteiger partial charge in [-0.25, -0.2) is 0 Å². The van der Waals surface area contributed by atoms with E-state index in [2.05, 4.69) is 0 Å². The van der Waals surface area contributed by atoms with Gasteiger partial charge in [-0.3, -0.25) is 29.4 Å². The van der Waals surface area contributed by atoms with Crippen molar-refractivity contribution >= 4 is 35.1 Å². The number of imide groups is 1. The summed E-state index contributed by atoms with van der Waals surface area (Å²) in [4.78, 5) is 48.5. The zero-order valence-corrected chi connectivity index (χ0v) is 17.9. The van der Waals surface area contributed by atoms with Crippen molar-refractivity contribution in [2.24, 2.45) is 0 Å². The number of carbonyl (C=O) groups is 3. The fraction of sp³-hybridized carbons (Fsp3) is 0.318. The fourth-order valence-corrected chi connectivity index (χ4v) is 3.64. The van der Waals surface area contributed by atoms with E-state index in [1.807, 2.05) is 13.8 Å². The molecule has 0 fully saturated rings. The van der Waals surface area contributed by atoms with Gasteiger partial charge < -0.3 is 4.74 Å². The molecule has 31 heavy (non-hydrogen) atoms. The molecule has 0 atom stereocenters. The van der Waals surface area contributed by atoms with Crippen LogP contribution in [0.2, 0.25) is 5.02 Å². The van der Waals surface area contributed by atoms with Crippen LogP contribution in [0, 0.1) is 24.0 Å². The first-order chi connectivity index (χ1) is 14.7. The maximum Gasteiger partial charge on any atom is 0.311 e. The van der Waals surface area contributed by atoms with Gasteiger partial charge in [0.2, 0.25) is 0 Å². The van der Waals surface area contributed by atoms with Gasteiger partial charge in [0.15, 0.2) is 0 Å². The molecule has 0 bridgehead atoms. The topological polar surface area (TPSA) is 107 Å². The van der Waals surface area contributed by atoms with Crippen LogP contribution in [0.15, 0.2) is 30.3 Å². The van der Waals surface area contributed by atoms with Gasteiger partial charge >= 0.3 is 5.97 Å². The summed E-state index contributed by atoms with van der Waals surface area (Å²) >= 11 is 6.11. The lowest BCUT2D eigenvalue weighted by molar-refractivity contribution is -0.385. The molecule has 9 heteroatoms. The van der Waals surface area contributed by atoms with E-state index in [1.165, 1.54) is 18.2 Å². The van der Waals surface area contributed by atoms with Crippen molar-refractivity contribution in [2.75, 3.05) is 6.54 Å². The third-order valence-corrected chi connectivity index (χ3v) is 5.67. The van der Waals surface area contributed by atoms with Gasteiger partial charge in [-0.05, 0) is 56.0 Å². The van der Waals surface area contributed by atoms with Crippen LogP contribution in [0.1, 0.15) is 57.5 Å². The van der Waals surface area contributed by atoms with E-state index in [1.54, 1.807) is 12.1 Å². The summed E-state index contributed by atoms with van der Waals surface area (Å²) in [7, 11) is 0. The zero-order valence-electron chi connectivity index (χ0n) is 17.1. The highest BCUT2D eigenvalue weighted by molar-refractivity contribution is 6.32. The number of fused-ring (bicyclic) bond motifs is 1. The number of hydrogen-bond donors (Lipinski definition) is 0. The third kappa shape index (κ3) is 4.74. The van der Waals surface area contributed by atoms with Crippen molar-refractivity contribution in [3.05, 3.63) is 67.7 Å². The summed E-state index contributed by atoms with van der Waals surface area (Å²) in [5.41, 5.74) is 1.18.